The average molecular weight is 292 g/mol. The van der Waals surface area contributed by atoms with Gasteiger partial charge in [-0.15, -0.1) is 0 Å². The number of benzene rings is 2. The molecule has 1 N–H and O–H groups in total. The normalized spacial score (nSPS) is 10.2. The van der Waals surface area contributed by atoms with Crippen LogP contribution < -0.4 is 5.32 Å². The Labute approximate surface area is 127 Å². The fourth-order valence-corrected chi connectivity index (χ4v) is 2.08. The van der Waals surface area contributed by atoms with Gasteiger partial charge in [0.1, 0.15) is 5.82 Å². The largest absolute Gasteiger partial charge is 0.322 e. The quantitative estimate of drug-likeness (QED) is 0.788. The highest BCUT2D eigenvalue weighted by Gasteiger charge is 2.06. The van der Waals surface area contributed by atoms with Crippen LogP contribution in [0.2, 0.25) is 0 Å². The molecule has 0 spiro atoms. The van der Waals surface area contributed by atoms with E-state index in [2.05, 4.69) is 10.3 Å². The second-order valence-corrected chi connectivity index (χ2v) is 4.78. The molecule has 0 unspecified atom stereocenters. The van der Waals surface area contributed by atoms with E-state index in [-0.39, 0.29) is 11.7 Å². The summed E-state index contributed by atoms with van der Waals surface area (Å²) < 4.78 is 12.8. The first-order chi connectivity index (χ1) is 10.7. The fourth-order valence-electron chi connectivity index (χ4n) is 2.08. The monoisotopic (exact) mass is 292 g/mol. The SMILES string of the molecule is O=C(Nc1ccc(F)cc1)c1ccc(-c2cccnc2)cc1. The number of halogens is 1. The molecule has 4 heteroatoms. The second kappa shape index (κ2) is 6.18. The fraction of sp³-hybridized carbons (Fsp3) is 0. The summed E-state index contributed by atoms with van der Waals surface area (Å²) in [5, 5.41) is 2.73. The number of rotatable bonds is 3. The first-order valence-electron chi connectivity index (χ1n) is 6.80. The molecule has 3 aromatic rings. The van der Waals surface area contributed by atoms with Crippen LogP contribution in [0.1, 0.15) is 10.4 Å². The molecule has 0 saturated carbocycles. The van der Waals surface area contributed by atoms with Crippen molar-refractivity contribution < 1.29 is 9.18 Å². The van der Waals surface area contributed by atoms with Crippen molar-refractivity contribution in [3.63, 3.8) is 0 Å². The van der Waals surface area contributed by atoms with E-state index in [1.54, 1.807) is 24.5 Å². The predicted molar refractivity (Wildman–Crippen MR) is 84.0 cm³/mol. The van der Waals surface area contributed by atoms with Crippen molar-refractivity contribution in [1.29, 1.82) is 0 Å². The minimum Gasteiger partial charge on any atom is -0.322 e. The summed E-state index contributed by atoms with van der Waals surface area (Å²) in [5.74, 6) is -0.567. The average Bonchev–Trinajstić information content (AvgIpc) is 2.58. The lowest BCUT2D eigenvalue weighted by molar-refractivity contribution is 0.102. The molecule has 2 aromatic carbocycles. The summed E-state index contributed by atoms with van der Waals surface area (Å²) >= 11 is 0. The summed E-state index contributed by atoms with van der Waals surface area (Å²) in [6.45, 7) is 0. The van der Waals surface area contributed by atoms with Gasteiger partial charge in [-0.1, -0.05) is 18.2 Å². The number of pyridine rings is 1. The zero-order valence-corrected chi connectivity index (χ0v) is 11.7. The summed E-state index contributed by atoms with van der Waals surface area (Å²) in [6.07, 6.45) is 3.49. The van der Waals surface area contributed by atoms with E-state index in [4.69, 9.17) is 0 Å². The third-order valence-corrected chi connectivity index (χ3v) is 3.24. The Morgan fingerprint density at radius 1 is 0.909 bits per heavy atom. The summed E-state index contributed by atoms with van der Waals surface area (Å²) in [7, 11) is 0. The number of hydrogen-bond donors (Lipinski definition) is 1. The van der Waals surface area contributed by atoms with Crippen molar-refractivity contribution in [2.24, 2.45) is 0 Å². The van der Waals surface area contributed by atoms with Gasteiger partial charge in [0.05, 0.1) is 0 Å². The van der Waals surface area contributed by atoms with Gasteiger partial charge < -0.3 is 5.32 Å². The highest BCUT2D eigenvalue weighted by molar-refractivity contribution is 6.04. The van der Waals surface area contributed by atoms with Gasteiger partial charge >= 0.3 is 0 Å². The van der Waals surface area contributed by atoms with Crippen LogP contribution in [0, 0.1) is 5.82 Å². The molecule has 0 aliphatic rings. The first kappa shape index (κ1) is 13.9. The third-order valence-electron chi connectivity index (χ3n) is 3.24. The molecule has 3 nitrogen and oxygen atoms in total. The number of nitrogens with zero attached hydrogens (tertiary/aromatic N) is 1. The predicted octanol–water partition coefficient (Wildman–Crippen LogP) is 4.14. The van der Waals surface area contributed by atoms with Gasteiger partial charge in [0, 0.05) is 23.6 Å². The van der Waals surface area contributed by atoms with Crippen molar-refractivity contribution in [3.05, 3.63) is 84.4 Å². The maximum absolute atomic E-state index is 12.8. The second-order valence-electron chi connectivity index (χ2n) is 4.78. The molecular weight excluding hydrogens is 279 g/mol. The zero-order valence-electron chi connectivity index (χ0n) is 11.7. The van der Waals surface area contributed by atoms with Crippen molar-refractivity contribution in [3.8, 4) is 11.1 Å². The number of aromatic nitrogens is 1. The Hall–Kier alpha value is -3.01. The molecule has 22 heavy (non-hydrogen) atoms. The van der Waals surface area contributed by atoms with Crippen LogP contribution in [0.5, 0.6) is 0 Å². The lowest BCUT2D eigenvalue weighted by Crippen LogP contribution is -2.11. The molecule has 0 saturated heterocycles. The maximum atomic E-state index is 12.8. The highest BCUT2D eigenvalue weighted by atomic mass is 19.1. The maximum Gasteiger partial charge on any atom is 0.255 e. The van der Waals surface area contributed by atoms with Gasteiger partial charge in [-0.25, -0.2) is 4.39 Å². The van der Waals surface area contributed by atoms with Crippen LogP contribution in [-0.4, -0.2) is 10.9 Å². The van der Waals surface area contributed by atoms with E-state index in [0.717, 1.165) is 11.1 Å². The Kier molecular flexibility index (Phi) is 3.92. The molecule has 0 radical (unpaired) electrons. The first-order valence-corrected chi connectivity index (χ1v) is 6.80. The molecule has 0 bridgehead atoms. The van der Waals surface area contributed by atoms with Crippen LogP contribution in [0.25, 0.3) is 11.1 Å². The van der Waals surface area contributed by atoms with E-state index in [0.29, 0.717) is 11.3 Å². The number of hydrogen-bond acceptors (Lipinski definition) is 2. The minimum absolute atomic E-state index is 0.232. The lowest BCUT2D eigenvalue weighted by atomic mass is 10.1. The number of anilines is 1. The molecule has 0 aliphatic carbocycles. The standard InChI is InChI=1S/C18H13FN2O/c19-16-7-9-17(10-8-16)21-18(22)14-5-3-13(4-6-14)15-2-1-11-20-12-15/h1-12H,(H,21,22). The van der Waals surface area contributed by atoms with Crippen LogP contribution in [0.15, 0.2) is 73.1 Å². The minimum atomic E-state index is -0.334. The summed E-state index contributed by atoms with van der Waals surface area (Å²) in [4.78, 5) is 16.2. The van der Waals surface area contributed by atoms with Crippen molar-refractivity contribution >= 4 is 11.6 Å². The van der Waals surface area contributed by atoms with Gasteiger partial charge in [0.25, 0.3) is 5.91 Å². The van der Waals surface area contributed by atoms with E-state index in [1.165, 1.54) is 24.3 Å². The molecule has 1 heterocycles. The Balaban J connectivity index is 1.75. The smallest absolute Gasteiger partial charge is 0.255 e. The Bertz CT molecular complexity index is 768. The Morgan fingerprint density at radius 3 is 2.27 bits per heavy atom. The molecule has 0 atom stereocenters. The summed E-state index contributed by atoms with van der Waals surface area (Å²) in [6, 6.07) is 16.7. The number of carbonyl (C=O) groups is 1. The third kappa shape index (κ3) is 3.17. The van der Waals surface area contributed by atoms with Gasteiger partial charge in [-0.2, -0.15) is 0 Å². The lowest BCUT2D eigenvalue weighted by Gasteiger charge is -2.06. The highest BCUT2D eigenvalue weighted by Crippen LogP contribution is 2.19. The molecule has 1 amide bonds. The molecular formula is C18H13FN2O. The molecule has 0 fully saturated rings. The van der Waals surface area contributed by atoms with E-state index in [9.17, 15) is 9.18 Å². The van der Waals surface area contributed by atoms with E-state index >= 15 is 0 Å². The molecule has 1 aromatic heterocycles. The van der Waals surface area contributed by atoms with Crippen molar-refractivity contribution in [1.82, 2.24) is 4.98 Å². The number of nitrogens with one attached hydrogen (secondary N) is 1. The van der Waals surface area contributed by atoms with Gasteiger partial charge in [0.15, 0.2) is 0 Å². The van der Waals surface area contributed by atoms with Crippen LogP contribution >= 0.6 is 0 Å². The van der Waals surface area contributed by atoms with Crippen molar-refractivity contribution in [2.75, 3.05) is 5.32 Å². The van der Waals surface area contributed by atoms with Gasteiger partial charge in [-0.3, -0.25) is 9.78 Å². The number of amides is 1. The van der Waals surface area contributed by atoms with Gasteiger partial charge in [-0.05, 0) is 53.6 Å². The molecule has 108 valence electrons. The van der Waals surface area contributed by atoms with E-state index in [1.807, 2.05) is 24.3 Å². The summed E-state index contributed by atoms with van der Waals surface area (Å²) in [5.41, 5.74) is 3.08. The number of carbonyl (C=O) groups excluding carboxylic acids is 1. The Morgan fingerprint density at radius 2 is 1.64 bits per heavy atom. The molecule has 0 aliphatic heterocycles. The van der Waals surface area contributed by atoms with Crippen LogP contribution in [0.3, 0.4) is 0 Å². The van der Waals surface area contributed by atoms with Gasteiger partial charge in [0.2, 0.25) is 0 Å². The van der Waals surface area contributed by atoms with E-state index < -0.39 is 0 Å². The van der Waals surface area contributed by atoms with Crippen LogP contribution in [0.4, 0.5) is 10.1 Å². The van der Waals surface area contributed by atoms with Crippen molar-refractivity contribution in [2.45, 2.75) is 0 Å². The zero-order chi connectivity index (χ0) is 15.4. The molecule has 3 rings (SSSR count). The van der Waals surface area contributed by atoms with Crippen LogP contribution in [-0.2, 0) is 0 Å². The topological polar surface area (TPSA) is 42.0 Å².